The maximum Gasteiger partial charge on any atom is 0.134 e. The molecule has 1 saturated heterocycles. The van der Waals surface area contributed by atoms with Gasteiger partial charge in [0.05, 0.1) is 6.33 Å². The van der Waals surface area contributed by atoms with Crippen molar-refractivity contribution in [3.8, 4) is 11.4 Å². The largest absolute Gasteiger partial charge is 0.361 e. The Labute approximate surface area is 157 Å². The molecule has 0 spiro atoms. The van der Waals surface area contributed by atoms with Crippen LogP contribution < -0.4 is 0 Å². The van der Waals surface area contributed by atoms with E-state index in [0.29, 0.717) is 11.1 Å². The molecule has 8 heteroatoms. The molecule has 3 aromatic heterocycles. The summed E-state index contributed by atoms with van der Waals surface area (Å²) in [4.78, 5) is 6.60. The summed E-state index contributed by atoms with van der Waals surface area (Å²) < 4.78 is 9.10. The molecule has 4 heterocycles. The van der Waals surface area contributed by atoms with Gasteiger partial charge in [-0.1, -0.05) is 16.8 Å². The molecule has 1 aliphatic heterocycles. The third-order valence-corrected chi connectivity index (χ3v) is 5.43. The molecule has 0 aromatic carbocycles. The molecule has 7 nitrogen and oxygen atoms in total. The number of piperidine rings is 1. The van der Waals surface area contributed by atoms with E-state index in [-0.39, 0.29) is 0 Å². The fourth-order valence-corrected chi connectivity index (χ4v) is 3.92. The maximum atomic E-state index is 6.54. The average Bonchev–Trinajstić information content (AvgIpc) is 3.34. The SMILES string of the molecule is Cc1cc(-c2nn(C)c(Cl)c2CN2CCC[C@@H](Cn3ccnc3)C2)no1. The Morgan fingerprint density at radius 2 is 2.27 bits per heavy atom. The zero-order valence-corrected chi connectivity index (χ0v) is 15.9. The molecule has 0 amide bonds. The molecule has 1 atom stereocenters. The summed E-state index contributed by atoms with van der Waals surface area (Å²) in [6.07, 6.45) is 8.19. The topological polar surface area (TPSA) is 64.9 Å². The molecular weight excluding hydrogens is 352 g/mol. The van der Waals surface area contributed by atoms with Crippen molar-refractivity contribution in [3.05, 3.63) is 41.3 Å². The molecule has 0 saturated carbocycles. The number of imidazole rings is 1. The summed E-state index contributed by atoms with van der Waals surface area (Å²) in [6.45, 7) is 5.77. The quantitative estimate of drug-likeness (QED) is 0.686. The molecule has 0 N–H and O–H groups in total. The first kappa shape index (κ1) is 17.3. The molecule has 1 fully saturated rings. The Bertz CT molecular complexity index is 869. The van der Waals surface area contributed by atoms with Crippen LogP contribution in [0.3, 0.4) is 0 Å². The number of nitrogens with zero attached hydrogens (tertiary/aromatic N) is 6. The summed E-state index contributed by atoms with van der Waals surface area (Å²) in [6, 6.07) is 1.90. The third kappa shape index (κ3) is 3.54. The van der Waals surface area contributed by atoms with Crippen molar-refractivity contribution < 1.29 is 4.52 Å². The second-order valence-corrected chi connectivity index (χ2v) is 7.43. The van der Waals surface area contributed by atoms with Crippen molar-refractivity contribution in [2.75, 3.05) is 13.1 Å². The lowest BCUT2D eigenvalue weighted by Crippen LogP contribution is -2.36. The lowest BCUT2D eigenvalue weighted by Gasteiger charge is -2.32. The Morgan fingerprint density at radius 3 is 3.00 bits per heavy atom. The highest BCUT2D eigenvalue weighted by atomic mass is 35.5. The number of likely N-dealkylation sites (tertiary alicyclic amines) is 1. The molecule has 0 aliphatic carbocycles. The lowest BCUT2D eigenvalue weighted by atomic mass is 9.97. The summed E-state index contributed by atoms with van der Waals surface area (Å²) >= 11 is 6.54. The van der Waals surface area contributed by atoms with E-state index in [1.165, 1.54) is 12.8 Å². The van der Waals surface area contributed by atoms with Gasteiger partial charge >= 0.3 is 0 Å². The maximum absolute atomic E-state index is 6.54. The van der Waals surface area contributed by atoms with Crippen LogP contribution in [0.25, 0.3) is 11.4 Å². The van der Waals surface area contributed by atoms with E-state index in [4.69, 9.17) is 16.1 Å². The van der Waals surface area contributed by atoms with Crippen LogP contribution in [0.4, 0.5) is 0 Å². The minimum Gasteiger partial charge on any atom is -0.361 e. The summed E-state index contributed by atoms with van der Waals surface area (Å²) in [5, 5.41) is 9.35. The van der Waals surface area contributed by atoms with E-state index in [1.807, 2.05) is 38.8 Å². The Balaban J connectivity index is 1.51. The minimum atomic E-state index is 0.617. The van der Waals surface area contributed by atoms with Gasteiger partial charge in [-0.05, 0) is 32.2 Å². The fourth-order valence-electron chi connectivity index (χ4n) is 3.73. The summed E-state index contributed by atoms with van der Waals surface area (Å²) in [5.74, 6) is 1.39. The number of hydrogen-bond donors (Lipinski definition) is 0. The Kier molecular flexibility index (Phi) is 4.82. The van der Waals surface area contributed by atoms with Gasteiger partial charge in [0.2, 0.25) is 0 Å². The van der Waals surface area contributed by atoms with E-state index in [2.05, 4.69) is 24.7 Å². The lowest BCUT2D eigenvalue weighted by molar-refractivity contribution is 0.156. The van der Waals surface area contributed by atoms with Crippen molar-refractivity contribution in [1.82, 2.24) is 29.4 Å². The molecule has 0 unspecified atom stereocenters. The molecule has 0 radical (unpaired) electrons. The van der Waals surface area contributed by atoms with E-state index in [0.717, 1.165) is 48.9 Å². The highest BCUT2D eigenvalue weighted by molar-refractivity contribution is 6.30. The van der Waals surface area contributed by atoms with Gasteiger partial charge in [0.25, 0.3) is 0 Å². The van der Waals surface area contributed by atoms with Crippen LogP contribution in [-0.2, 0) is 20.1 Å². The van der Waals surface area contributed by atoms with Crippen LogP contribution in [0, 0.1) is 12.8 Å². The fraction of sp³-hybridized carbons (Fsp3) is 0.500. The summed E-state index contributed by atoms with van der Waals surface area (Å²) in [5.41, 5.74) is 2.57. The van der Waals surface area contributed by atoms with Crippen molar-refractivity contribution in [2.24, 2.45) is 13.0 Å². The highest BCUT2D eigenvalue weighted by Crippen LogP contribution is 2.30. The molecule has 3 aromatic rings. The predicted molar refractivity (Wildman–Crippen MR) is 98.7 cm³/mol. The highest BCUT2D eigenvalue weighted by Gasteiger charge is 2.25. The average molecular weight is 375 g/mol. The number of hydrogen-bond acceptors (Lipinski definition) is 5. The monoisotopic (exact) mass is 374 g/mol. The van der Waals surface area contributed by atoms with Gasteiger partial charge in [-0.2, -0.15) is 5.10 Å². The van der Waals surface area contributed by atoms with Gasteiger partial charge < -0.3 is 9.09 Å². The third-order valence-electron chi connectivity index (χ3n) is 4.95. The summed E-state index contributed by atoms with van der Waals surface area (Å²) in [7, 11) is 1.86. The van der Waals surface area contributed by atoms with Crippen LogP contribution in [-0.4, -0.2) is 42.5 Å². The molecular formula is C18H23ClN6O. The van der Waals surface area contributed by atoms with Gasteiger partial charge in [-0.3, -0.25) is 9.58 Å². The smallest absolute Gasteiger partial charge is 0.134 e. The van der Waals surface area contributed by atoms with Crippen molar-refractivity contribution in [2.45, 2.75) is 32.9 Å². The molecule has 138 valence electrons. The molecule has 0 bridgehead atoms. The second-order valence-electron chi connectivity index (χ2n) is 7.07. The van der Waals surface area contributed by atoms with Gasteiger partial charge in [0.1, 0.15) is 22.3 Å². The first-order chi connectivity index (χ1) is 12.6. The minimum absolute atomic E-state index is 0.617. The first-order valence-electron chi connectivity index (χ1n) is 8.93. The predicted octanol–water partition coefficient (Wildman–Crippen LogP) is 3.15. The zero-order chi connectivity index (χ0) is 18.1. The van der Waals surface area contributed by atoms with Gasteiger partial charge in [0, 0.05) is 50.7 Å². The van der Waals surface area contributed by atoms with Crippen LogP contribution >= 0.6 is 11.6 Å². The number of halogens is 1. The van der Waals surface area contributed by atoms with Crippen molar-refractivity contribution in [3.63, 3.8) is 0 Å². The standard InChI is InChI=1S/C18H23ClN6O/c1-13-8-16(22-26-13)17-15(18(19)23(2)21-17)11-24-6-3-4-14(9-24)10-25-7-5-20-12-25/h5,7-8,12,14H,3-4,6,9-11H2,1-2H3/t14-/m1/s1. The zero-order valence-electron chi connectivity index (χ0n) is 15.1. The molecule has 4 rings (SSSR count). The normalized spacial score (nSPS) is 18.5. The Hall–Kier alpha value is -2.12. The van der Waals surface area contributed by atoms with Crippen molar-refractivity contribution >= 4 is 11.6 Å². The van der Waals surface area contributed by atoms with Crippen LogP contribution in [0.1, 0.15) is 24.2 Å². The Morgan fingerprint density at radius 1 is 1.38 bits per heavy atom. The van der Waals surface area contributed by atoms with Crippen LogP contribution in [0.5, 0.6) is 0 Å². The van der Waals surface area contributed by atoms with E-state index < -0.39 is 0 Å². The van der Waals surface area contributed by atoms with Gasteiger partial charge in [0.15, 0.2) is 0 Å². The first-order valence-corrected chi connectivity index (χ1v) is 9.31. The van der Waals surface area contributed by atoms with Crippen LogP contribution in [0.15, 0.2) is 29.3 Å². The van der Waals surface area contributed by atoms with Gasteiger partial charge in [-0.25, -0.2) is 4.98 Å². The number of rotatable bonds is 5. The van der Waals surface area contributed by atoms with Crippen molar-refractivity contribution in [1.29, 1.82) is 0 Å². The van der Waals surface area contributed by atoms with Crippen LogP contribution in [0.2, 0.25) is 5.15 Å². The van der Waals surface area contributed by atoms with E-state index in [1.54, 1.807) is 4.68 Å². The number of aromatic nitrogens is 5. The number of aryl methyl sites for hydroxylation is 2. The molecule has 26 heavy (non-hydrogen) atoms. The second kappa shape index (κ2) is 7.25. The van der Waals surface area contributed by atoms with E-state index in [9.17, 15) is 0 Å². The molecule has 1 aliphatic rings. The van der Waals surface area contributed by atoms with E-state index >= 15 is 0 Å². The van der Waals surface area contributed by atoms with Gasteiger partial charge in [-0.15, -0.1) is 0 Å².